The highest BCUT2D eigenvalue weighted by molar-refractivity contribution is 5.86. The number of aromatic nitrogens is 4. The van der Waals surface area contributed by atoms with Crippen molar-refractivity contribution < 1.29 is 13.9 Å². The highest BCUT2D eigenvalue weighted by Crippen LogP contribution is 2.32. The van der Waals surface area contributed by atoms with Crippen molar-refractivity contribution in [3.05, 3.63) is 72.6 Å². The minimum absolute atomic E-state index is 0.249. The molecule has 30 heavy (non-hydrogen) atoms. The van der Waals surface area contributed by atoms with Gasteiger partial charge in [0, 0.05) is 18.3 Å². The largest absolute Gasteiger partial charge is 0.480 e. The van der Waals surface area contributed by atoms with Crippen molar-refractivity contribution in [2.24, 2.45) is 5.73 Å². The third-order valence-corrected chi connectivity index (χ3v) is 4.83. The average molecular weight is 401 g/mol. The summed E-state index contributed by atoms with van der Waals surface area (Å²) in [6, 6.07) is 16.8. The molecular weight excluding hydrogens is 382 g/mol. The van der Waals surface area contributed by atoms with Crippen molar-refractivity contribution in [2.45, 2.75) is 6.04 Å². The summed E-state index contributed by atoms with van der Waals surface area (Å²) in [4.78, 5) is 8.62. The zero-order valence-corrected chi connectivity index (χ0v) is 16.2. The van der Waals surface area contributed by atoms with Crippen molar-refractivity contribution in [1.82, 2.24) is 19.6 Å². The Morgan fingerprint density at radius 3 is 2.80 bits per heavy atom. The molecule has 5 aromatic rings. The van der Waals surface area contributed by atoms with Crippen molar-refractivity contribution in [3.63, 3.8) is 0 Å². The van der Waals surface area contributed by atoms with E-state index in [-0.39, 0.29) is 6.04 Å². The van der Waals surface area contributed by atoms with E-state index in [0.717, 1.165) is 10.9 Å². The van der Waals surface area contributed by atoms with Crippen LogP contribution >= 0.6 is 0 Å². The van der Waals surface area contributed by atoms with Gasteiger partial charge in [-0.05, 0) is 17.7 Å². The second-order valence-electron chi connectivity index (χ2n) is 6.76. The molecule has 0 radical (unpaired) electrons. The molecule has 4 aromatic heterocycles. The molecule has 0 spiro atoms. The lowest BCUT2D eigenvalue weighted by atomic mass is 10.1. The molecule has 0 aliphatic carbocycles. The van der Waals surface area contributed by atoms with Gasteiger partial charge in [-0.25, -0.2) is 14.5 Å². The molecule has 0 bridgehead atoms. The molecular formula is C22H19N5O3. The summed E-state index contributed by atoms with van der Waals surface area (Å²) in [7, 11) is 1.58. The summed E-state index contributed by atoms with van der Waals surface area (Å²) in [5.41, 5.74) is 9.27. The topological polar surface area (TPSA) is 101 Å². The zero-order valence-electron chi connectivity index (χ0n) is 16.2. The summed E-state index contributed by atoms with van der Waals surface area (Å²) >= 11 is 0. The Morgan fingerprint density at radius 1 is 1.10 bits per heavy atom. The molecule has 0 aliphatic heterocycles. The van der Waals surface area contributed by atoms with Crippen LogP contribution in [0.2, 0.25) is 0 Å². The lowest BCUT2D eigenvalue weighted by molar-refractivity contribution is 0.276. The first-order valence-corrected chi connectivity index (χ1v) is 9.44. The molecule has 5 rings (SSSR count). The van der Waals surface area contributed by atoms with Crippen LogP contribution in [0.5, 0.6) is 11.8 Å². The van der Waals surface area contributed by atoms with Crippen LogP contribution in [-0.4, -0.2) is 33.3 Å². The molecule has 0 aliphatic rings. The van der Waals surface area contributed by atoms with Crippen LogP contribution in [0.1, 0.15) is 11.6 Å². The van der Waals surface area contributed by atoms with Crippen LogP contribution in [0.25, 0.3) is 28.1 Å². The number of hydrogen-bond acceptors (Lipinski definition) is 7. The van der Waals surface area contributed by atoms with Crippen LogP contribution < -0.4 is 15.2 Å². The van der Waals surface area contributed by atoms with Crippen molar-refractivity contribution in [3.8, 4) is 23.2 Å². The van der Waals surface area contributed by atoms with Crippen molar-refractivity contribution in [1.29, 1.82) is 0 Å². The van der Waals surface area contributed by atoms with E-state index in [4.69, 9.17) is 19.6 Å². The smallest absolute Gasteiger partial charge is 0.231 e. The van der Waals surface area contributed by atoms with Crippen LogP contribution in [0.3, 0.4) is 0 Å². The number of pyridine rings is 1. The second kappa shape index (κ2) is 7.49. The van der Waals surface area contributed by atoms with Crippen LogP contribution in [0.15, 0.2) is 71.4 Å². The summed E-state index contributed by atoms with van der Waals surface area (Å²) < 4.78 is 18.8. The van der Waals surface area contributed by atoms with Gasteiger partial charge in [-0.2, -0.15) is 0 Å². The van der Waals surface area contributed by atoms with E-state index < -0.39 is 0 Å². The number of nitrogens with zero attached hydrogens (tertiary/aromatic N) is 4. The zero-order chi connectivity index (χ0) is 20.5. The number of rotatable bonds is 6. The van der Waals surface area contributed by atoms with E-state index >= 15 is 0 Å². The van der Waals surface area contributed by atoms with E-state index in [1.807, 2.05) is 42.5 Å². The van der Waals surface area contributed by atoms with E-state index in [1.54, 1.807) is 36.2 Å². The van der Waals surface area contributed by atoms with Gasteiger partial charge in [0.1, 0.15) is 17.9 Å². The Hall–Kier alpha value is -3.91. The first kappa shape index (κ1) is 18.1. The predicted molar refractivity (Wildman–Crippen MR) is 111 cm³/mol. The Balaban J connectivity index is 1.45. The maximum absolute atomic E-state index is 6.22. The number of furan rings is 1. The first-order valence-electron chi connectivity index (χ1n) is 9.44. The molecule has 150 valence electrons. The normalized spacial score (nSPS) is 12.3. The van der Waals surface area contributed by atoms with Gasteiger partial charge in [-0.15, -0.1) is 5.10 Å². The van der Waals surface area contributed by atoms with E-state index in [0.29, 0.717) is 41.1 Å². The lowest BCUT2D eigenvalue weighted by Gasteiger charge is -2.13. The minimum atomic E-state index is -0.249. The van der Waals surface area contributed by atoms with Crippen LogP contribution in [-0.2, 0) is 0 Å². The van der Waals surface area contributed by atoms with E-state index in [2.05, 4.69) is 15.1 Å². The van der Waals surface area contributed by atoms with Gasteiger partial charge in [0.25, 0.3) is 0 Å². The maximum Gasteiger partial charge on any atom is 0.231 e. The number of hydrogen-bond donors (Lipinski definition) is 1. The SMILES string of the molecule is COc1nccc2oc(-c3cnc4ccc(OC[C@H](N)c5ccccc5)nn34)cc12. The monoisotopic (exact) mass is 401 g/mol. The molecule has 0 saturated heterocycles. The second-order valence-corrected chi connectivity index (χ2v) is 6.76. The molecule has 8 nitrogen and oxygen atoms in total. The molecule has 4 heterocycles. The minimum Gasteiger partial charge on any atom is -0.480 e. The Labute approximate surface area is 171 Å². The average Bonchev–Trinajstić information content (AvgIpc) is 3.41. The summed E-state index contributed by atoms with van der Waals surface area (Å²) in [6.45, 7) is 0.306. The summed E-state index contributed by atoms with van der Waals surface area (Å²) in [6.07, 6.45) is 3.35. The Morgan fingerprint density at radius 2 is 1.97 bits per heavy atom. The van der Waals surface area contributed by atoms with Crippen LogP contribution in [0.4, 0.5) is 0 Å². The fourth-order valence-electron chi connectivity index (χ4n) is 3.30. The fourth-order valence-corrected chi connectivity index (χ4v) is 3.30. The van der Waals surface area contributed by atoms with Crippen LogP contribution in [0, 0.1) is 0 Å². The predicted octanol–water partition coefficient (Wildman–Crippen LogP) is 3.62. The number of ether oxygens (including phenoxy) is 2. The van der Waals surface area contributed by atoms with Gasteiger partial charge in [-0.1, -0.05) is 30.3 Å². The highest BCUT2D eigenvalue weighted by Gasteiger charge is 2.16. The van der Waals surface area contributed by atoms with Gasteiger partial charge in [0.2, 0.25) is 11.8 Å². The Bertz CT molecular complexity index is 1310. The third-order valence-electron chi connectivity index (χ3n) is 4.83. The third kappa shape index (κ3) is 3.23. The first-order chi connectivity index (χ1) is 14.7. The standard InChI is InChI=1S/C22H19N5O3/c1-28-22-15-11-19(30-18(15)9-10-24-22)17-12-25-20-7-8-21(26-27(17)20)29-13-16(23)14-5-3-2-4-6-14/h2-12,16H,13,23H2,1H3/t16-/m0/s1. The van der Waals surface area contributed by atoms with Gasteiger partial charge in [0.15, 0.2) is 11.4 Å². The number of methoxy groups -OCH3 is 1. The molecule has 0 amide bonds. The van der Waals surface area contributed by atoms with Gasteiger partial charge in [-0.3, -0.25) is 0 Å². The Kier molecular flexibility index (Phi) is 4.53. The van der Waals surface area contributed by atoms with Gasteiger partial charge < -0.3 is 19.6 Å². The molecule has 1 atom stereocenters. The highest BCUT2D eigenvalue weighted by atomic mass is 16.5. The molecule has 2 N–H and O–H groups in total. The van der Waals surface area contributed by atoms with E-state index in [1.165, 1.54) is 0 Å². The molecule has 0 fully saturated rings. The number of benzene rings is 1. The molecule has 0 saturated carbocycles. The molecule has 0 unspecified atom stereocenters. The van der Waals surface area contributed by atoms with Gasteiger partial charge in [0.05, 0.1) is 24.7 Å². The van der Waals surface area contributed by atoms with E-state index in [9.17, 15) is 0 Å². The number of nitrogens with two attached hydrogens (primary N) is 1. The number of imidazole rings is 1. The maximum atomic E-state index is 6.22. The van der Waals surface area contributed by atoms with Crippen molar-refractivity contribution in [2.75, 3.05) is 13.7 Å². The summed E-state index contributed by atoms with van der Waals surface area (Å²) in [5, 5.41) is 5.34. The van der Waals surface area contributed by atoms with Gasteiger partial charge >= 0.3 is 0 Å². The van der Waals surface area contributed by atoms with Crippen molar-refractivity contribution >= 4 is 16.6 Å². The number of fused-ring (bicyclic) bond motifs is 2. The molecule has 8 heteroatoms. The summed E-state index contributed by atoms with van der Waals surface area (Å²) in [5.74, 6) is 1.56. The fraction of sp³-hybridized carbons (Fsp3) is 0.136. The lowest BCUT2D eigenvalue weighted by Crippen LogP contribution is -2.19. The molecule has 1 aromatic carbocycles. The quantitative estimate of drug-likeness (QED) is 0.464.